The van der Waals surface area contributed by atoms with Crippen molar-refractivity contribution >= 4 is 29.6 Å². The standard InChI is InChI=1S/C19H15N3O6/c1-28-16-8-7-14(22(26)27)9-13(16)10-15-17(23)20-19(25)21(18(15)24)11-12-5-3-2-4-6-12/h2-10H,11H2,1H3,(H,20,23,25). The largest absolute Gasteiger partial charge is 0.496 e. The first-order chi connectivity index (χ1) is 13.4. The van der Waals surface area contributed by atoms with Gasteiger partial charge in [-0.15, -0.1) is 0 Å². The van der Waals surface area contributed by atoms with Crippen LogP contribution in [0.15, 0.2) is 54.1 Å². The predicted molar refractivity (Wildman–Crippen MR) is 98.2 cm³/mol. The number of benzene rings is 2. The average molecular weight is 381 g/mol. The van der Waals surface area contributed by atoms with Gasteiger partial charge in [-0.05, 0) is 17.7 Å². The van der Waals surface area contributed by atoms with E-state index >= 15 is 0 Å². The molecule has 0 aromatic heterocycles. The molecule has 142 valence electrons. The van der Waals surface area contributed by atoms with Gasteiger partial charge in [0.25, 0.3) is 17.5 Å². The quantitative estimate of drug-likeness (QED) is 0.367. The molecule has 1 N–H and O–H groups in total. The number of carbonyl (C=O) groups excluding carboxylic acids is 3. The van der Waals surface area contributed by atoms with Gasteiger partial charge in [0.2, 0.25) is 0 Å². The van der Waals surface area contributed by atoms with Gasteiger partial charge < -0.3 is 4.74 Å². The first-order valence-corrected chi connectivity index (χ1v) is 8.16. The minimum absolute atomic E-state index is 0.0256. The lowest BCUT2D eigenvalue weighted by atomic mass is 10.1. The Morgan fingerprint density at radius 2 is 1.86 bits per heavy atom. The Balaban J connectivity index is 1.99. The monoisotopic (exact) mass is 381 g/mol. The van der Waals surface area contributed by atoms with Crippen molar-refractivity contribution in [2.45, 2.75) is 6.54 Å². The summed E-state index contributed by atoms with van der Waals surface area (Å²) in [5.74, 6) is -1.44. The predicted octanol–water partition coefficient (Wildman–Crippen LogP) is 2.27. The molecule has 28 heavy (non-hydrogen) atoms. The van der Waals surface area contributed by atoms with Crippen LogP contribution in [0.5, 0.6) is 5.75 Å². The number of barbiturate groups is 1. The van der Waals surface area contributed by atoms with Crippen LogP contribution in [0.4, 0.5) is 10.5 Å². The zero-order valence-corrected chi connectivity index (χ0v) is 14.7. The highest BCUT2D eigenvalue weighted by Crippen LogP contribution is 2.27. The van der Waals surface area contributed by atoms with Crippen molar-refractivity contribution in [3.05, 3.63) is 75.3 Å². The van der Waals surface area contributed by atoms with E-state index in [0.29, 0.717) is 5.56 Å². The van der Waals surface area contributed by atoms with Crippen LogP contribution in [0.1, 0.15) is 11.1 Å². The van der Waals surface area contributed by atoms with Crippen molar-refractivity contribution in [1.82, 2.24) is 10.2 Å². The van der Waals surface area contributed by atoms with E-state index in [1.807, 2.05) is 0 Å². The number of urea groups is 1. The molecule has 1 aliphatic heterocycles. The Morgan fingerprint density at radius 1 is 1.14 bits per heavy atom. The number of methoxy groups -OCH3 is 1. The Labute approximate surface area is 159 Å². The highest BCUT2D eigenvalue weighted by Gasteiger charge is 2.36. The van der Waals surface area contributed by atoms with Crippen LogP contribution in [-0.2, 0) is 16.1 Å². The Kier molecular flexibility index (Phi) is 5.16. The average Bonchev–Trinajstić information content (AvgIpc) is 2.69. The summed E-state index contributed by atoms with van der Waals surface area (Å²) in [6.45, 7) is -0.0256. The highest BCUT2D eigenvalue weighted by molar-refractivity contribution is 6.31. The number of nitro benzene ring substituents is 1. The van der Waals surface area contributed by atoms with E-state index in [9.17, 15) is 24.5 Å². The van der Waals surface area contributed by atoms with Crippen LogP contribution in [0.3, 0.4) is 0 Å². The molecule has 3 rings (SSSR count). The first-order valence-electron chi connectivity index (χ1n) is 8.16. The fourth-order valence-electron chi connectivity index (χ4n) is 2.71. The molecule has 0 bridgehead atoms. The molecule has 1 saturated heterocycles. The summed E-state index contributed by atoms with van der Waals surface area (Å²) in [6.07, 6.45) is 1.17. The molecule has 2 aromatic rings. The zero-order valence-electron chi connectivity index (χ0n) is 14.7. The number of nitrogens with one attached hydrogen (secondary N) is 1. The van der Waals surface area contributed by atoms with Crippen molar-refractivity contribution in [3.63, 3.8) is 0 Å². The van der Waals surface area contributed by atoms with Crippen molar-refractivity contribution in [1.29, 1.82) is 0 Å². The van der Waals surface area contributed by atoms with Crippen molar-refractivity contribution in [3.8, 4) is 5.75 Å². The van der Waals surface area contributed by atoms with Crippen LogP contribution in [0.2, 0.25) is 0 Å². The first kappa shape index (κ1) is 18.8. The van der Waals surface area contributed by atoms with E-state index in [1.54, 1.807) is 30.3 Å². The maximum absolute atomic E-state index is 12.8. The molecule has 4 amide bonds. The van der Waals surface area contributed by atoms with Gasteiger partial charge in [0.1, 0.15) is 11.3 Å². The molecule has 0 radical (unpaired) electrons. The fraction of sp³-hybridized carbons (Fsp3) is 0.105. The third-order valence-electron chi connectivity index (χ3n) is 4.09. The van der Waals surface area contributed by atoms with Crippen LogP contribution < -0.4 is 10.1 Å². The number of nitro groups is 1. The third-order valence-corrected chi connectivity index (χ3v) is 4.09. The second-order valence-corrected chi connectivity index (χ2v) is 5.88. The van der Waals surface area contributed by atoms with Gasteiger partial charge >= 0.3 is 6.03 Å². The van der Waals surface area contributed by atoms with Gasteiger partial charge in [0, 0.05) is 17.7 Å². The molecular formula is C19H15N3O6. The number of non-ortho nitro benzene ring substituents is 1. The Bertz CT molecular complexity index is 1000. The van der Waals surface area contributed by atoms with Crippen LogP contribution in [-0.4, -0.2) is 34.8 Å². The highest BCUT2D eigenvalue weighted by atomic mass is 16.6. The van der Waals surface area contributed by atoms with Crippen molar-refractivity contribution in [2.24, 2.45) is 0 Å². The van der Waals surface area contributed by atoms with Gasteiger partial charge in [-0.25, -0.2) is 4.79 Å². The summed E-state index contributed by atoms with van der Waals surface area (Å²) in [5, 5.41) is 13.1. The molecule has 0 unspecified atom stereocenters. The van der Waals surface area contributed by atoms with Crippen molar-refractivity contribution in [2.75, 3.05) is 7.11 Å². The SMILES string of the molecule is COc1ccc([N+](=O)[O-])cc1C=C1C(=O)NC(=O)N(Cc2ccccc2)C1=O. The summed E-state index contributed by atoms with van der Waals surface area (Å²) in [5.41, 5.74) is 0.319. The molecule has 9 heteroatoms. The molecule has 9 nitrogen and oxygen atoms in total. The summed E-state index contributed by atoms with van der Waals surface area (Å²) >= 11 is 0. The molecule has 1 fully saturated rings. The fourth-order valence-corrected chi connectivity index (χ4v) is 2.71. The number of imide groups is 2. The minimum atomic E-state index is -0.882. The number of hydrogen-bond donors (Lipinski definition) is 1. The van der Waals surface area contributed by atoms with Crippen LogP contribution in [0.25, 0.3) is 6.08 Å². The number of carbonyl (C=O) groups is 3. The molecular weight excluding hydrogens is 366 g/mol. The van der Waals surface area contributed by atoms with E-state index in [2.05, 4.69) is 5.32 Å². The van der Waals surface area contributed by atoms with Crippen molar-refractivity contribution < 1.29 is 24.0 Å². The molecule has 0 saturated carbocycles. The number of ether oxygens (including phenoxy) is 1. The minimum Gasteiger partial charge on any atom is -0.496 e. The second-order valence-electron chi connectivity index (χ2n) is 5.88. The number of hydrogen-bond acceptors (Lipinski definition) is 6. The number of rotatable bonds is 5. The van der Waals surface area contributed by atoms with Gasteiger partial charge in [-0.2, -0.15) is 0 Å². The molecule has 1 aliphatic rings. The van der Waals surface area contributed by atoms with Gasteiger partial charge in [-0.3, -0.25) is 29.9 Å². The van der Waals surface area contributed by atoms with Gasteiger partial charge in [0.15, 0.2) is 0 Å². The molecule has 2 aromatic carbocycles. The van der Waals surface area contributed by atoms with Crippen LogP contribution in [0, 0.1) is 10.1 Å². The van der Waals surface area contributed by atoms with E-state index in [0.717, 1.165) is 4.90 Å². The number of nitrogens with zero attached hydrogens (tertiary/aromatic N) is 2. The van der Waals surface area contributed by atoms with Gasteiger partial charge in [0.05, 0.1) is 18.6 Å². The summed E-state index contributed by atoms with van der Waals surface area (Å²) in [6, 6.07) is 11.8. The normalized spacial score (nSPS) is 15.5. The molecule has 1 heterocycles. The maximum atomic E-state index is 12.8. The Morgan fingerprint density at radius 3 is 2.50 bits per heavy atom. The Hall–Kier alpha value is -4.01. The molecule has 0 aliphatic carbocycles. The van der Waals surface area contributed by atoms with Crippen LogP contribution >= 0.6 is 0 Å². The molecule has 0 spiro atoms. The lowest BCUT2D eigenvalue weighted by molar-refractivity contribution is -0.384. The number of amides is 4. The lowest BCUT2D eigenvalue weighted by Gasteiger charge is -2.26. The topological polar surface area (TPSA) is 119 Å². The summed E-state index contributed by atoms with van der Waals surface area (Å²) < 4.78 is 5.14. The molecule has 0 atom stereocenters. The summed E-state index contributed by atoms with van der Waals surface area (Å²) in [4.78, 5) is 48.4. The lowest BCUT2D eigenvalue weighted by Crippen LogP contribution is -2.53. The zero-order chi connectivity index (χ0) is 20.3. The van der Waals surface area contributed by atoms with E-state index in [-0.39, 0.29) is 29.1 Å². The summed E-state index contributed by atoms with van der Waals surface area (Å²) in [7, 11) is 1.36. The van der Waals surface area contributed by atoms with E-state index in [1.165, 1.54) is 31.4 Å². The van der Waals surface area contributed by atoms with E-state index in [4.69, 9.17) is 4.74 Å². The van der Waals surface area contributed by atoms with E-state index < -0.39 is 22.8 Å². The third kappa shape index (κ3) is 3.73. The smallest absolute Gasteiger partial charge is 0.331 e. The van der Waals surface area contributed by atoms with Gasteiger partial charge in [-0.1, -0.05) is 30.3 Å². The maximum Gasteiger partial charge on any atom is 0.331 e. The second kappa shape index (κ2) is 7.70.